The Labute approximate surface area is 125 Å². The first kappa shape index (κ1) is 15.6. The van der Waals surface area contributed by atoms with Crippen molar-refractivity contribution in [2.24, 2.45) is 5.14 Å². The summed E-state index contributed by atoms with van der Waals surface area (Å²) in [6.07, 6.45) is 0. The van der Waals surface area contributed by atoms with Crippen LogP contribution in [0.25, 0.3) is 0 Å². The molecule has 0 unspecified atom stereocenters. The lowest BCUT2D eigenvalue weighted by atomic mass is 10.2. The number of non-ortho nitro benzene ring substituents is 1. The normalized spacial score (nSPS) is 11.0. The number of nitro benzene ring substituents is 1. The van der Waals surface area contributed by atoms with E-state index in [1.807, 2.05) is 0 Å². The van der Waals surface area contributed by atoms with E-state index in [9.17, 15) is 23.3 Å². The summed E-state index contributed by atoms with van der Waals surface area (Å²) in [6.45, 7) is 0. The molecule has 0 aliphatic rings. The Morgan fingerprint density at radius 3 is 2.32 bits per heavy atom. The number of benzene rings is 2. The van der Waals surface area contributed by atoms with Crippen LogP contribution in [0.15, 0.2) is 53.4 Å². The van der Waals surface area contributed by atoms with E-state index < -0.39 is 37.2 Å². The maximum Gasteiger partial charge on any atom is 0.343 e. The van der Waals surface area contributed by atoms with Crippen LogP contribution in [0.3, 0.4) is 0 Å². The molecule has 8 nitrogen and oxygen atoms in total. The van der Waals surface area contributed by atoms with Crippen LogP contribution in [0.4, 0.5) is 5.69 Å². The zero-order valence-electron chi connectivity index (χ0n) is 11.0. The maximum absolute atomic E-state index is 11.9. The second-order valence-corrected chi connectivity index (χ2v) is 5.72. The summed E-state index contributed by atoms with van der Waals surface area (Å²) >= 11 is 0. The number of nitrogens with zero attached hydrogens (tertiary/aromatic N) is 1. The highest BCUT2D eigenvalue weighted by molar-refractivity contribution is 7.89. The Bertz CT molecular complexity index is 833. The van der Waals surface area contributed by atoms with Crippen molar-refractivity contribution in [3.05, 3.63) is 64.2 Å². The van der Waals surface area contributed by atoms with Crippen molar-refractivity contribution in [1.29, 1.82) is 0 Å². The topological polar surface area (TPSA) is 130 Å². The van der Waals surface area contributed by atoms with Gasteiger partial charge in [0.2, 0.25) is 10.0 Å². The molecule has 0 atom stereocenters. The van der Waals surface area contributed by atoms with Crippen LogP contribution in [0.2, 0.25) is 0 Å². The molecule has 0 amide bonds. The predicted molar refractivity (Wildman–Crippen MR) is 75.9 cm³/mol. The SMILES string of the molecule is NS(=O)(=O)c1ccc([N+](=O)[O-])cc1OC(=O)c1ccccc1. The number of nitrogens with two attached hydrogens (primary N) is 1. The number of rotatable bonds is 4. The van der Waals surface area contributed by atoms with E-state index in [4.69, 9.17) is 9.88 Å². The summed E-state index contributed by atoms with van der Waals surface area (Å²) in [5.74, 6) is -1.35. The van der Waals surface area contributed by atoms with Crippen LogP contribution in [-0.2, 0) is 10.0 Å². The summed E-state index contributed by atoms with van der Waals surface area (Å²) in [6, 6.07) is 10.5. The van der Waals surface area contributed by atoms with Crippen LogP contribution in [0, 0.1) is 10.1 Å². The number of sulfonamides is 1. The largest absolute Gasteiger partial charge is 0.421 e. The Kier molecular flexibility index (Phi) is 4.20. The van der Waals surface area contributed by atoms with Crippen molar-refractivity contribution < 1.29 is 22.9 Å². The van der Waals surface area contributed by atoms with Crippen LogP contribution < -0.4 is 9.88 Å². The van der Waals surface area contributed by atoms with E-state index in [1.165, 1.54) is 12.1 Å². The van der Waals surface area contributed by atoms with Crippen LogP contribution in [-0.4, -0.2) is 19.3 Å². The van der Waals surface area contributed by atoms with Gasteiger partial charge in [-0.1, -0.05) is 18.2 Å². The molecule has 2 aromatic rings. The van der Waals surface area contributed by atoms with Gasteiger partial charge >= 0.3 is 5.97 Å². The average molecular weight is 322 g/mol. The molecule has 0 aliphatic carbocycles. The highest BCUT2D eigenvalue weighted by Gasteiger charge is 2.22. The minimum absolute atomic E-state index is 0.161. The summed E-state index contributed by atoms with van der Waals surface area (Å²) in [7, 11) is -4.20. The fourth-order valence-electron chi connectivity index (χ4n) is 1.66. The van der Waals surface area contributed by atoms with Gasteiger partial charge in [0, 0.05) is 6.07 Å². The molecule has 2 aromatic carbocycles. The number of carbonyl (C=O) groups excluding carboxylic acids is 1. The fourth-order valence-corrected chi connectivity index (χ4v) is 2.30. The van der Waals surface area contributed by atoms with E-state index in [0.717, 1.165) is 18.2 Å². The molecule has 22 heavy (non-hydrogen) atoms. The van der Waals surface area contributed by atoms with Gasteiger partial charge in [-0.25, -0.2) is 18.4 Å². The molecule has 0 fully saturated rings. The fraction of sp³-hybridized carbons (Fsp3) is 0. The first-order valence-corrected chi connectivity index (χ1v) is 7.42. The summed E-state index contributed by atoms with van der Waals surface area (Å²) in [5, 5.41) is 15.8. The van der Waals surface area contributed by atoms with E-state index in [0.29, 0.717) is 0 Å². The highest BCUT2D eigenvalue weighted by Crippen LogP contribution is 2.28. The predicted octanol–water partition coefficient (Wildman–Crippen LogP) is 1.46. The van der Waals surface area contributed by atoms with Gasteiger partial charge in [0.15, 0.2) is 5.75 Å². The first-order valence-electron chi connectivity index (χ1n) is 5.87. The highest BCUT2D eigenvalue weighted by atomic mass is 32.2. The molecule has 0 aliphatic heterocycles. The standard InChI is InChI=1S/C13H10N2O6S/c14-22(19,20)12-7-6-10(15(17)18)8-11(12)21-13(16)9-4-2-1-3-5-9/h1-8H,(H2,14,19,20). The molecule has 0 heterocycles. The molecular formula is C13H10N2O6S. The molecule has 0 aromatic heterocycles. The molecule has 0 saturated heterocycles. The van der Waals surface area contributed by atoms with Crippen molar-refractivity contribution in [3.8, 4) is 5.75 Å². The minimum atomic E-state index is -4.20. The molecule has 0 spiro atoms. The number of esters is 1. The Balaban J connectivity index is 2.46. The second-order valence-electron chi connectivity index (χ2n) is 4.19. The van der Waals surface area contributed by atoms with Gasteiger partial charge in [0.1, 0.15) is 4.90 Å². The number of ether oxygens (including phenoxy) is 1. The molecule has 0 saturated carbocycles. The summed E-state index contributed by atoms with van der Waals surface area (Å²) in [4.78, 5) is 21.4. The van der Waals surface area contributed by atoms with Gasteiger partial charge in [-0.15, -0.1) is 0 Å². The average Bonchev–Trinajstić information content (AvgIpc) is 2.46. The van der Waals surface area contributed by atoms with E-state index in [2.05, 4.69) is 0 Å². The summed E-state index contributed by atoms with van der Waals surface area (Å²) < 4.78 is 27.9. The lowest BCUT2D eigenvalue weighted by molar-refractivity contribution is -0.385. The molecule has 0 radical (unpaired) electrons. The first-order chi connectivity index (χ1) is 10.3. The molecule has 2 N–H and O–H groups in total. The van der Waals surface area contributed by atoms with Crippen molar-refractivity contribution in [3.63, 3.8) is 0 Å². The number of primary sulfonamides is 1. The second kappa shape index (κ2) is 5.92. The quantitative estimate of drug-likeness (QED) is 0.392. The van der Waals surface area contributed by atoms with Crippen LogP contribution in [0.1, 0.15) is 10.4 Å². The third-order valence-electron chi connectivity index (χ3n) is 2.66. The van der Waals surface area contributed by atoms with Crippen molar-refractivity contribution >= 4 is 21.7 Å². The van der Waals surface area contributed by atoms with Crippen molar-refractivity contribution in [2.75, 3.05) is 0 Å². The van der Waals surface area contributed by atoms with Crippen molar-refractivity contribution in [1.82, 2.24) is 0 Å². The molecule has 0 bridgehead atoms. The summed E-state index contributed by atoms with van der Waals surface area (Å²) in [5.41, 5.74) is -0.266. The monoisotopic (exact) mass is 322 g/mol. The van der Waals surface area contributed by atoms with Gasteiger partial charge in [0.25, 0.3) is 5.69 Å². The van der Waals surface area contributed by atoms with Crippen LogP contribution in [0.5, 0.6) is 5.75 Å². The Morgan fingerprint density at radius 2 is 1.77 bits per heavy atom. The van der Waals surface area contributed by atoms with Gasteiger partial charge in [-0.3, -0.25) is 10.1 Å². The Morgan fingerprint density at radius 1 is 1.14 bits per heavy atom. The van der Waals surface area contributed by atoms with Gasteiger partial charge in [-0.05, 0) is 18.2 Å². The van der Waals surface area contributed by atoms with E-state index in [-0.39, 0.29) is 5.56 Å². The van der Waals surface area contributed by atoms with Crippen LogP contribution >= 0.6 is 0 Å². The van der Waals surface area contributed by atoms with Gasteiger partial charge in [-0.2, -0.15) is 0 Å². The smallest absolute Gasteiger partial charge is 0.343 e. The van der Waals surface area contributed by atoms with Gasteiger partial charge < -0.3 is 4.74 Å². The molecule has 2 rings (SSSR count). The number of carbonyl (C=O) groups is 1. The number of hydrogen-bond donors (Lipinski definition) is 1. The molecule has 114 valence electrons. The molecule has 9 heteroatoms. The lowest BCUT2D eigenvalue weighted by Gasteiger charge is -2.08. The maximum atomic E-state index is 11.9. The molecular weight excluding hydrogens is 312 g/mol. The minimum Gasteiger partial charge on any atom is -0.421 e. The third kappa shape index (κ3) is 3.45. The van der Waals surface area contributed by atoms with Gasteiger partial charge in [0.05, 0.1) is 16.6 Å². The zero-order valence-corrected chi connectivity index (χ0v) is 11.8. The lowest BCUT2D eigenvalue weighted by Crippen LogP contribution is -2.16. The Hall–Kier alpha value is -2.78. The third-order valence-corrected chi connectivity index (χ3v) is 3.61. The van der Waals surface area contributed by atoms with E-state index in [1.54, 1.807) is 18.2 Å². The van der Waals surface area contributed by atoms with E-state index >= 15 is 0 Å². The van der Waals surface area contributed by atoms with Crippen molar-refractivity contribution in [2.45, 2.75) is 4.90 Å². The number of nitro groups is 1. The number of hydrogen-bond acceptors (Lipinski definition) is 6. The zero-order chi connectivity index (χ0) is 16.3.